The van der Waals surface area contributed by atoms with Gasteiger partial charge in [-0.1, -0.05) is 64.7 Å². The second kappa shape index (κ2) is 12.5. The van der Waals surface area contributed by atoms with Gasteiger partial charge in [0.1, 0.15) is 17.7 Å². The molecular weight excluding hydrogens is 478 g/mol. The van der Waals surface area contributed by atoms with E-state index in [1.807, 2.05) is 45.9 Å². The molecule has 0 saturated heterocycles. The van der Waals surface area contributed by atoms with Crippen molar-refractivity contribution in [1.82, 2.24) is 15.5 Å². The van der Waals surface area contributed by atoms with Gasteiger partial charge in [0.15, 0.2) is 0 Å². The molecule has 0 aromatic heterocycles. The number of carbonyl (C=O) groups excluding carboxylic acids is 3. The summed E-state index contributed by atoms with van der Waals surface area (Å²) in [6.07, 6.45) is 6.27. The predicted octanol–water partition coefficient (Wildman–Crippen LogP) is 5.97. The maximum Gasteiger partial charge on any atom is 0.408 e. The standard InChI is InChI=1S/C31H49N3O4/c1-9-19(2)26(33-30(37)38-31(6,7)8)29(36)34(24-18-22(24)5)27(25-20(3)14-13-15-21(25)4)28(35)32-23-16-11-10-12-17-23/h13-15,19,22-24,26-27H,9-12,16-18H2,1-8H3,(H,32,35)(H,33,37). The van der Waals surface area contributed by atoms with Crippen LogP contribution in [0.4, 0.5) is 4.79 Å². The Morgan fingerprint density at radius 3 is 2.16 bits per heavy atom. The number of carbonyl (C=O) groups is 3. The van der Waals surface area contributed by atoms with Gasteiger partial charge in [-0.25, -0.2) is 4.79 Å². The lowest BCUT2D eigenvalue weighted by Crippen LogP contribution is -2.56. The van der Waals surface area contributed by atoms with Crippen LogP contribution in [0.3, 0.4) is 0 Å². The van der Waals surface area contributed by atoms with E-state index in [0.29, 0.717) is 6.42 Å². The summed E-state index contributed by atoms with van der Waals surface area (Å²) in [5.74, 6) is -0.188. The monoisotopic (exact) mass is 527 g/mol. The van der Waals surface area contributed by atoms with Gasteiger partial charge in [0.2, 0.25) is 11.8 Å². The summed E-state index contributed by atoms with van der Waals surface area (Å²) in [5.41, 5.74) is 2.17. The molecule has 2 aliphatic carbocycles. The van der Waals surface area contributed by atoms with Crippen LogP contribution in [0.2, 0.25) is 0 Å². The molecule has 3 rings (SSSR count). The maximum atomic E-state index is 14.5. The summed E-state index contributed by atoms with van der Waals surface area (Å²) >= 11 is 0. The molecule has 3 amide bonds. The van der Waals surface area contributed by atoms with E-state index in [0.717, 1.165) is 48.8 Å². The Morgan fingerprint density at radius 2 is 1.66 bits per heavy atom. The van der Waals surface area contributed by atoms with Crippen molar-refractivity contribution < 1.29 is 19.1 Å². The molecule has 0 aliphatic heterocycles. The number of amides is 3. The van der Waals surface area contributed by atoms with Crippen LogP contribution >= 0.6 is 0 Å². The summed E-state index contributed by atoms with van der Waals surface area (Å²) in [5, 5.41) is 6.19. The van der Waals surface area contributed by atoms with Crippen molar-refractivity contribution in [2.24, 2.45) is 11.8 Å². The molecule has 38 heavy (non-hydrogen) atoms. The molecule has 2 aliphatic rings. The third-order valence-electron chi connectivity index (χ3n) is 8.12. The van der Waals surface area contributed by atoms with Crippen molar-refractivity contribution in [2.45, 2.75) is 130 Å². The highest BCUT2D eigenvalue weighted by molar-refractivity contribution is 5.93. The molecule has 0 radical (unpaired) electrons. The van der Waals surface area contributed by atoms with Crippen LogP contribution in [0.15, 0.2) is 18.2 Å². The van der Waals surface area contributed by atoms with E-state index in [1.54, 1.807) is 25.7 Å². The summed E-state index contributed by atoms with van der Waals surface area (Å²) in [7, 11) is 0. The largest absolute Gasteiger partial charge is 0.444 e. The van der Waals surface area contributed by atoms with Crippen molar-refractivity contribution in [2.75, 3.05) is 0 Å². The van der Waals surface area contributed by atoms with Crippen LogP contribution < -0.4 is 10.6 Å². The van der Waals surface area contributed by atoms with Crippen molar-refractivity contribution in [3.8, 4) is 0 Å². The second-order valence-corrected chi connectivity index (χ2v) is 12.6. The van der Waals surface area contributed by atoms with Crippen LogP contribution in [0, 0.1) is 25.7 Å². The van der Waals surface area contributed by atoms with E-state index in [1.165, 1.54) is 6.42 Å². The van der Waals surface area contributed by atoms with E-state index < -0.39 is 23.8 Å². The predicted molar refractivity (Wildman–Crippen MR) is 151 cm³/mol. The number of hydrogen-bond acceptors (Lipinski definition) is 4. The van der Waals surface area contributed by atoms with Gasteiger partial charge >= 0.3 is 6.09 Å². The SMILES string of the molecule is CCC(C)C(NC(=O)OC(C)(C)C)C(=O)N(C(C(=O)NC1CCCCC1)c1c(C)cccc1C)C1CC1C. The molecule has 0 heterocycles. The highest BCUT2D eigenvalue weighted by atomic mass is 16.6. The van der Waals surface area contributed by atoms with E-state index in [-0.39, 0.29) is 35.7 Å². The third kappa shape index (κ3) is 7.51. The number of aryl methyl sites for hydroxylation is 2. The van der Waals surface area contributed by atoms with Crippen molar-refractivity contribution in [1.29, 1.82) is 0 Å². The molecule has 7 nitrogen and oxygen atoms in total. The van der Waals surface area contributed by atoms with E-state index >= 15 is 0 Å². The lowest BCUT2D eigenvalue weighted by Gasteiger charge is -2.38. The Labute approximate surface area is 229 Å². The van der Waals surface area contributed by atoms with Crippen LogP contribution in [0.1, 0.15) is 109 Å². The fourth-order valence-electron chi connectivity index (χ4n) is 5.63. The molecule has 5 atom stereocenters. The van der Waals surface area contributed by atoms with Gasteiger partial charge in [-0.3, -0.25) is 9.59 Å². The number of nitrogens with one attached hydrogen (secondary N) is 2. The van der Waals surface area contributed by atoms with Gasteiger partial charge in [-0.2, -0.15) is 0 Å². The van der Waals surface area contributed by atoms with Crippen LogP contribution in [-0.2, 0) is 14.3 Å². The van der Waals surface area contributed by atoms with Gasteiger partial charge < -0.3 is 20.3 Å². The maximum absolute atomic E-state index is 14.5. The summed E-state index contributed by atoms with van der Waals surface area (Å²) in [6, 6.07) is 4.52. The van der Waals surface area contributed by atoms with Crippen LogP contribution in [0.5, 0.6) is 0 Å². The first-order valence-electron chi connectivity index (χ1n) is 14.5. The Kier molecular flexibility index (Phi) is 9.88. The topological polar surface area (TPSA) is 87.7 Å². The Balaban J connectivity index is 2.04. The third-order valence-corrected chi connectivity index (χ3v) is 8.12. The van der Waals surface area contributed by atoms with Crippen LogP contribution in [-0.4, -0.2) is 46.5 Å². The van der Waals surface area contributed by atoms with Gasteiger partial charge in [-0.05, 0) is 82.4 Å². The van der Waals surface area contributed by atoms with Gasteiger partial charge in [0.05, 0.1) is 0 Å². The molecular formula is C31H49N3O4. The highest BCUT2D eigenvalue weighted by Gasteiger charge is 2.49. The Bertz CT molecular complexity index is 975. The van der Waals surface area contributed by atoms with Gasteiger partial charge in [-0.15, -0.1) is 0 Å². The van der Waals surface area contributed by atoms with E-state index in [9.17, 15) is 14.4 Å². The molecule has 2 saturated carbocycles. The number of ether oxygens (including phenoxy) is 1. The first-order valence-corrected chi connectivity index (χ1v) is 14.5. The first-order chi connectivity index (χ1) is 17.8. The lowest BCUT2D eigenvalue weighted by atomic mass is 9.90. The average molecular weight is 528 g/mol. The van der Waals surface area contributed by atoms with Crippen LogP contribution in [0.25, 0.3) is 0 Å². The van der Waals surface area contributed by atoms with E-state index in [4.69, 9.17) is 4.74 Å². The summed E-state index contributed by atoms with van der Waals surface area (Å²) < 4.78 is 5.52. The molecule has 0 bridgehead atoms. The smallest absolute Gasteiger partial charge is 0.408 e. The Morgan fingerprint density at radius 1 is 1.08 bits per heavy atom. The zero-order valence-corrected chi connectivity index (χ0v) is 24.7. The Hall–Kier alpha value is -2.57. The summed E-state index contributed by atoms with van der Waals surface area (Å²) in [6.45, 7) is 15.5. The van der Waals surface area contributed by atoms with Crippen molar-refractivity contribution in [3.05, 3.63) is 34.9 Å². The molecule has 2 fully saturated rings. The minimum absolute atomic E-state index is 0.0596. The highest BCUT2D eigenvalue weighted by Crippen LogP contribution is 2.42. The van der Waals surface area contributed by atoms with Crippen molar-refractivity contribution in [3.63, 3.8) is 0 Å². The average Bonchev–Trinajstić information content (AvgIpc) is 3.56. The molecule has 0 spiro atoms. The fourth-order valence-corrected chi connectivity index (χ4v) is 5.63. The zero-order chi connectivity index (χ0) is 28.2. The molecule has 1 aromatic carbocycles. The second-order valence-electron chi connectivity index (χ2n) is 12.6. The zero-order valence-electron chi connectivity index (χ0n) is 24.7. The van der Waals surface area contributed by atoms with Gasteiger partial charge in [0, 0.05) is 12.1 Å². The fraction of sp³-hybridized carbons (Fsp3) is 0.710. The molecule has 212 valence electrons. The number of hydrogen-bond donors (Lipinski definition) is 2. The minimum atomic E-state index is -0.794. The van der Waals surface area contributed by atoms with Gasteiger partial charge in [0.25, 0.3) is 0 Å². The first kappa shape index (κ1) is 30.0. The molecule has 1 aromatic rings. The minimum Gasteiger partial charge on any atom is -0.444 e. The quantitative estimate of drug-likeness (QED) is 0.414. The normalized spacial score (nSPS) is 22.1. The molecule has 7 heteroatoms. The molecule has 2 N–H and O–H groups in total. The molecule has 5 unspecified atom stereocenters. The number of alkyl carbamates (subject to hydrolysis) is 1. The van der Waals surface area contributed by atoms with E-state index in [2.05, 4.69) is 17.6 Å². The summed E-state index contributed by atoms with van der Waals surface area (Å²) in [4.78, 5) is 43.3. The number of nitrogens with zero attached hydrogens (tertiary/aromatic N) is 1. The number of benzene rings is 1. The lowest BCUT2D eigenvalue weighted by molar-refractivity contribution is -0.144. The van der Waals surface area contributed by atoms with Crippen molar-refractivity contribution >= 4 is 17.9 Å². The number of rotatable bonds is 9.